The summed E-state index contributed by atoms with van der Waals surface area (Å²) in [6, 6.07) is 14.2. The Balaban J connectivity index is 1.87. The summed E-state index contributed by atoms with van der Waals surface area (Å²) in [5.41, 5.74) is 1.79. The van der Waals surface area contributed by atoms with Gasteiger partial charge in [-0.25, -0.2) is 4.79 Å². The topological polar surface area (TPSA) is 65.7 Å². The predicted molar refractivity (Wildman–Crippen MR) is 101 cm³/mol. The van der Waals surface area contributed by atoms with E-state index >= 15 is 0 Å². The van der Waals surface area contributed by atoms with Crippen LogP contribution in [-0.4, -0.2) is 20.2 Å². The average Bonchev–Trinajstić information content (AvgIpc) is 3.13. The Hall–Kier alpha value is -3.12. The molecule has 0 N–H and O–H groups in total. The molecular formula is C20H14O5S. The number of esters is 1. The number of benzene rings is 2. The Morgan fingerprint density at radius 1 is 1.00 bits per heavy atom. The number of furan rings is 1. The fourth-order valence-corrected chi connectivity index (χ4v) is 3.74. The minimum atomic E-state index is -0.398. The average molecular weight is 366 g/mol. The van der Waals surface area contributed by atoms with Crippen LogP contribution in [0.4, 0.5) is 0 Å². The largest absolute Gasteiger partial charge is 0.497 e. The van der Waals surface area contributed by atoms with E-state index in [0.29, 0.717) is 28.0 Å². The third-order valence-electron chi connectivity index (χ3n) is 4.18. The van der Waals surface area contributed by atoms with Gasteiger partial charge in [-0.15, -0.1) is 0 Å². The zero-order chi connectivity index (χ0) is 18.3. The molecule has 6 heteroatoms. The summed E-state index contributed by atoms with van der Waals surface area (Å²) in [5, 5.41) is 1.41. The van der Waals surface area contributed by atoms with Gasteiger partial charge in [-0.1, -0.05) is 23.5 Å². The summed E-state index contributed by atoms with van der Waals surface area (Å²) in [7, 11) is 2.93. The van der Waals surface area contributed by atoms with Crippen molar-refractivity contribution in [3.63, 3.8) is 0 Å². The molecule has 0 unspecified atom stereocenters. The Morgan fingerprint density at radius 2 is 1.77 bits per heavy atom. The lowest BCUT2D eigenvalue weighted by atomic mass is 10.1. The molecule has 0 spiro atoms. The number of ether oxygens (including phenoxy) is 2. The highest BCUT2D eigenvalue weighted by molar-refractivity contribution is 7.17. The normalized spacial score (nSPS) is 11.0. The number of carbonyl (C=O) groups is 1. The molecule has 26 heavy (non-hydrogen) atoms. The van der Waals surface area contributed by atoms with Crippen molar-refractivity contribution < 1.29 is 18.7 Å². The highest BCUT2D eigenvalue weighted by atomic mass is 32.1. The zero-order valence-corrected chi connectivity index (χ0v) is 14.9. The molecule has 0 amide bonds. The molecule has 0 bridgehead atoms. The van der Waals surface area contributed by atoms with Gasteiger partial charge in [-0.05, 0) is 36.4 Å². The first-order valence-corrected chi connectivity index (χ1v) is 8.65. The van der Waals surface area contributed by atoms with Crippen molar-refractivity contribution in [1.82, 2.24) is 0 Å². The molecule has 2 heterocycles. The van der Waals surface area contributed by atoms with Gasteiger partial charge in [-0.3, -0.25) is 4.79 Å². The molecule has 0 aliphatic rings. The molecule has 0 atom stereocenters. The van der Waals surface area contributed by atoms with Crippen LogP contribution in [0.2, 0.25) is 0 Å². The van der Waals surface area contributed by atoms with Crippen molar-refractivity contribution in [3.8, 4) is 17.1 Å². The SMILES string of the molecule is COC(=O)c1ccc(-c2cc3c(=O)sc4cc(OC)ccc4c3o2)cc1. The van der Waals surface area contributed by atoms with Crippen molar-refractivity contribution in [1.29, 1.82) is 0 Å². The van der Waals surface area contributed by atoms with Gasteiger partial charge < -0.3 is 13.9 Å². The number of hydrogen-bond acceptors (Lipinski definition) is 6. The number of fused-ring (bicyclic) bond motifs is 3. The van der Waals surface area contributed by atoms with Crippen LogP contribution in [0.25, 0.3) is 32.4 Å². The molecule has 130 valence electrons. The van der Waals surface area contributed by atoms with E-state index in [1.165, 1.54) is 7.11 Å². The van der Waals surface area contributed by atoms with Gasteiger partial charge in [0.25, 0.3) is 0 Å². The molecule has 0 aliphatic heterocycles. The van der Waals surface area contributed by atoms with Gasteiger partial charge in [0, 0.05) is 15.6 Å². The van der Waals surface area contributed by atoms with Crippen LogP contribution in [0, 0.1) is 0 Å². The van der Waals surface area contributed by atoms with Gasteiger partial charge in [0.2, 0.25) is 4.74 Å². The first-order chi connectivity index (χ1) is 12.6. The third-order valence-corrected chi connectivity index (χ3v) is 5.14. The van der Waals surface area contributed by atoms with Crippen LogP contribution in [0.1, 0.15) is 10.4 Å². The molecule has 0 radical (unpaired) electrons. The fourth-order valence-electron chi connectivity index (χ4n) is 2.83. The summed E-state index contributed by atoms with van der Waals surface area (Å²) in [4.78, 5) is 24.0. The number of methoxy groups -OCH3 is 2. The van der Waals surface area contributed by atoms with Gasteiger partial charge in [-0.2, -0.15) is 0 Å². The lowest BCUT2D eigenvalue weighted by Gasteiger charge is -2.02. The monoisotopic (exact) mass is 366 g/mol. The fraction of sp³-hybridized carbons (Fsp3) is 0.100. The molecular weight excluding hydrogens is 352 g/mol. The van der Waals surface area contributed by atoms with Crippen molar-refractivity contribution in [2.45, 2.75) is 0 Å². The zero-order valence-electron chi connectivity index (χ0n) is 14.1. The number of carbonyl (C=O) groups excluding carboxylic acids is 1. The molecule has 0 aliphatic carbocycles. The van der Waals surface area contributed by atoms with E-state index in [-0.39, 0.29) is 4.74 Å². The Kier molecular flexibility index (Phi) is 3.97. The molecule has 2 aromatic heterocycles. The molecule has 5 nitrogen and oxygen atoms in total. The minimum absolute atomic E-state index is 0.0677. The van der Waals surface area contributed by atoms with Crippen LogP contribution < -0.4 is 9.48 Å². The second kappa shape index (κ2) is 6.31. The van der Waals surface area contributed by atoms with Gasteiger partial charge >= 0.3 is 5.97 Å². The first kappa shape index (κ1) is 16.4. The van der Waals surface area contributed by atoms with Crippen LogP contribution >= 0.6 is 11.3 Å². The quantitative estimate of drug-likeness (QED) is 0.501. The maximum atomic E-state index is 12.5. The maximum absolute atomic E-state index is 12.5. The number of hydrogen-bond donors (Lipinski definition) is 0. The van der Waals surface area contributed by atoms with E-state index in [1.54, 1.807) is 37.4 Å². The number of rotatable bonds is 3. The summed E-state index contributed by atoms with van der Waals surface area (Å²) in [6.45, 7) is 0. The Bertz CT molecular complexity index is 1180. The smallest absolute Gasteiger partial charge is 0.337 e. The molecule has 0 saturated heterocycles. The summed E-state index contributed by atoms with van der Waals surface area (Å²) < 4.78 is 16.7. The van der Waals surface area contributed by atoms with Crippen molar-refractivity contribution in [2.24, 2.45) is 0 Å². The summed E-state index contributed by atoms with van der Waals surface area (Å²) >= 11 is 1.16. The van der Waals surface area contributed by atoms with Gasteiger partial charge in [0.1, 0.15) is 17.1 Å². The summed E-state index contributed by atoms with van der Waals surface area (Å²) in [5.74, 6) is 0.867. The maximum Gasteiger partial charge on any atom is 0.337 e. The van der Waals surface area contributed by atoms with E-state index in [1.807, 2.05) is 18.2 Å². The van der Waals surface area contributed by atoms with E-state index in [2.05, 4.69) is 0 Å². The third kappa shape index (κ3) is 2.64. The van der Waals surface area contributed by atoms with Crippen LogP contribution in [-0.2, 0) is 4.74 Å². The van der Waals surface area contributed by atoms with Crippen LogP contribution in [0.3, 0.4) is 0 Å². The summed E-state index contributed by atoms with van der Waals surface area (Å²) in [6.07, 6.45) is 0. The van der Waals surface area contributed by atoms with Crippen molar-refractivity contribution >= 4 is 38.4 Å². The van der Waals surface area contributed by atoms with E-state index in [9.17, 15) is 9.59 Å². The van der Waals surface area contributed by atoms with E-state index in [4.69, 9.17) is 13.9 Å². The predicted octanol–water partition coefficient (Wildman–Crippen LogP) is 4.47. The molecule has 2 aromatic carbocycles. The van der Waals surface area contributed by atoms with Crippen molar-refractivity contribution in [2.75, 3.05) is 14.2 Å². The first-order valence-electron chi connectivity index (χ1n) is 7.84. The van der Waals surface area contributed by atoms with Gasteiger partial charge in [0.15, 0.2) is 0 Å². The van der Waals surface area contributed by atoms with Crippen molar-refractivity contribution in [3.05, 3.63) is 63.6 Å². The minimum Gasteiger partial charge on any atom is -0.497 e. The standard InChI is InChI=1S/C20H14O5S/c1-23-13-7-8-14-17(9-13)26-20(22)15-10-16(25-18(14)15)11-3-5-12(6-4-11)19(21)24-2/h3-10H,1-2H3. The van der Waals surface area contributed by atoms with E-state index < -0.39 is 5.97 Å². The van der Waals surface area contributed by atoms with Crippen LogP contribution in [0.15, 0.2) is 57.7 Å². The highest BCUT2D eigenvalue weighted by Crippen LogP contribution is 2.34. The molecule has 4 aromatic rings. The highest BCUT2D eigenvalue weighted by Gasteiger charge is 2.14. The molecule has 0 fully saturated rings. The Labute approximate surface area is 152 Å². The van der Waals surface area contributed by atoms with Gasteiger partial charge in [0.05, 0.1) is 25.2 Å². The van der Waals surface area contributed by atoms with Crippen LogP contribution in [0.5, 0.6) is 5.75 Å². The Morgan fingerprint density at radius 3 is 2.46 bits per heavy atom. The molecule has 0 saturated carbocycles. The van der Waals surface area contributed by atoms with E-state index in [0.717, 1.165) is 27.0 Å². The second-order valence-corrected chi connectivity index (χ2v) is 6.69. The lowest BCUT2D eigenvalue weighted by Crippen LogP contribution is -2.00. The second-order valence-electron chi connectivity index (χ2n) is 5.67. The molecule has 4 rings (SSSR count). The lowest BCUT2D eigenvalue weighted by molar-refractivity contribution is 0.0600.